The van der Waals surface area contributed by atoms with Gasteiger partial charge in [0, 0.05) is 18.0 Å². The first-order valence-electron chi connectivity index (χ1n) is 3.79. The van der Waals surface area contributed by atoms with E-state index in [4.69, 9.17) is 27.7 Å². The molecule has 0 atom stereocenters. The highest BCUT2D eigenvalue weighted by Crippen LogP contribution is 2.23. The number of aromatic nitrogens is 3. The first kappa shape index (κ1) is 9.43. The molecule has 0 aromatic carbocycles. The molecule has 0 aliphatic heterocycles. The van der Waals surface area contributed by atoms with Crippen LogP contribution in [0.1, 0.15) is 5.89 Å². The maximum absolute atomic E-state index is 5.89. The number of hydrogen-bond acceptors (Lipinski definition) is 4. The van der Waals surface area contributed by atoms with Crippen LogP contribution in [0.25, 0.3) is 11.4 Å². The molecule has 14 heavy (non-hydrogen) atoms. The highest BCUT2D eigenvalue weighted by Gasteiger charge is 2.10. The summed E-state index contributed by atoms with van der Waals surface area (Å²) in [6, 6.07) is 1.71. The Kier molecular flexibility index (Phi) is 2.65. The Morgan fingerprint density at radius 1 is 1.43 bits per heavy atom. The Morgan fingerprint density at radius 2 is 2.29 bits per heavy atom. The minimum Gasteiger partial charge on any atom is -0.338 e. The number of pyridine rings is 1. The Balaban J connectivity index is 2.44. The Morgan fingerprint density at radius 3 is 2.93 bits per heavy atom. The van der Waals surface area contributed by atoms with Gasteiger partial charge in [0.25, 0.3) is 0 Å². The van der Waals surface area contributed by atoms with Gasteiger partial charge >= 0.3 is 0 Å². The maximum atomic E-state index is 5.89. The maximum Gasteiger partial charge on any atom is 0.241 e. The molecule has 0 unspecified atom stereocenters. The molecule has 0 N–H and O–H groups in total. The largest absolute Gasteiger partial charge is 0.338 e. The summed E-state index contributed by atoms with van der Waals surface area (Å²) in [5.74, 6) is 0.984. The van der Waals surface area contributed by atoms with Crippen LogP contribution in [0.5, 0.6) is 0 Å². The second-order valence-electron chi connectivity index (χ2n) is 2.50. The van der Waals surface area contributed by atoms with Crippen LogP contribution < -0.4 is 0 Å². The topological polar surface area (TPSA) is 51.8 Å². The molecule has 0 radical (unpaired) electrons. The van der Waals surface area contributed by atoms with Crippen molar-refractivity contribution in [2.45, 2.75) is 5.88 Å². The van der Waals surface area contributed by atoms with Crippen LogP contribution in [-0.4, -0.2) is 15.1 Å². The summed E-state index contributed by atoms with van der Waals surface area (Å²) in [7, 11) is 0. The van der Waals surface area contributed by atoms with Crippen LogP contribution >= 0.6 is 23.2 Å². The van der Waals surface area contributed by atoms with Crippen molar-refractivity contribution in [2.75, 3.05) is 0 Å². The van der Waals surface area contributed by atoms with Gasteiger partial charge in [0.2, 0.25) is 11.7 Å². The number of halogens is 2. The molecule has 0 spiro atoms. The van der Waals surface area contributed by atoms with Gasteiger partial charge in [-0.1, -0.05) is 16.8 Å². The molecule has 2 rings (SSSR count). The van der Waals surface area contributed by atoms with E-state index in [9.17, 15) is 0 Å². The predicted octanol–water partition coefficient (Wildman–Crippen LogP) is 2.52. The quantitative estimate of drug-likeness (QED) is 0.743. The average Bonchev–Trinajstić information content (AvgIpc) is 2.67. The number of hydrogen-bond donors (Lipinski definition) is 0. The van der Waals surface area contributed by atoms with Gasteiger partial charge in [0.05, 0.1) is 5.02 Å². The third-order valence-corrected chi connectivity index (χ3v) is 2.13. The van der Waals surface area contributed by atoms with E-state index in [2.05, 4.69) is 15.1 Å². The van der Waals surface area contributed by atoms with Crippen molar-refractivity contribution >= 4 is 23.2 Å². The molecule has 72 valence electrons. The summed E-state index contributed by atoms with van der Waals surface area (Å²) >= 11 is 11.4. The Bertz CT molecular complexity index is 444. The molecule has 2 heterocycles. The van der Waals surface area contributed by atoms with Crippen molar-refractivity contribution in [1.82, 2.24) is 15.1 Å². The van der Waals surface area contributed by atoms with Gasteiger partial charge in [-0.15, -0.1) is 11.6 Å². The first-order chi connectivity index (χ1) is 6.81. The van der Waals surface area contributed by atoms with E-state index in [0.29, 0.717) is 22.3 Å². The van der Waals surface area contributed by atoms with Crippen molar-refractivity contribution in [3.05, 3.63) is 29.4 Å². The van der Waals surface area contributed by atoms with Crippen LogP contribution in [0.15, 0.2) is 23.0 Å². The third kappa shape index (κ3) is 1.71. The lowest BCUT2D eigenvalue weighted by atomic mass is 10.2. The summed E-state index contributed by atoms with van der Waals surface area (Å²) in [4.78, 5) is 7.89. The first-order valence-corrected chi connectivity index (χ1v) is 4.71. The standard InChI is InChI=1S/C8H5Cl2N3O/c9-3-7-12-8(13-14-7)5-1-2-11-4-6(5)10/h1-2,4H,3H2. The molecular weight excluding hydrogens is 225 g/mol. The zero-order valence-corrected chi connectivity index (χ0v) is 8.46. The zero-order valence-electron chi connectivity index (χ0n) is 6.94. The lowest BCUT2D eigenvalue weighted by Crippen LogP contribution is -1.83. The molecule has 0 saturated heterocycles. The van der Waals surface area contributed by atoms with Crippen molar-refractivity contribution in [3.63, 3.8) is 0 Å². The summed E-state index contributed by atoms with van der Waals surface area (Å²) in [5.41, 5.74) is 0.682. The zero-order chi connectivity index (χ0) is 9.97. The van der Waals surface area contributed by atoms with Crippen LogP contribution in [0.3, 0.4) is 0 Å². The second-order valence-corrected chi connectivity index (χ2v) is 3.18. The Hall–Kier alpha value is -1.13. The molecule has 0 amide bonds. The smallest absolute Gasteiger partial charge is 0.241 e. The molecule has 0 aliphatic rings. The van der Waals surface area contributed by atoms with Gasteiger partial charge in [-0.25, -0.2) is 0 Å². The van der Waals surface area contributed by atoms with E-state index in [-0.39, 0.29) is 5.88 Å². The SMILES string of the molecule is ClCc1nc(-c2ccncc2Cl)no1. The van der Waals surface area contributed by atoms with Crippen molar-refractivity contribution < 1.29 is 4.52 Å². The van der Waals surface area contributed by atoms with Gasteiger partial charge in [0.1, 0.15) is 5.88 Å². The van der Waals surface area contributed by atoms with Crippen molar-refractivity contribution in [3.8, 4) is 11.4 Å². The fraction of sp³-hybridized carbons (Fsp3) is 0.125. The number of rotatable bonds is 2. The monoisotopic (exact) mass is 229 g/mol. The van der Waals surface area contributed by atoms with Gasteiger partial charge < -0.3 is 4.52 Å². The molecule has 0 bridgehead atoms. The minimum atomic E-state index is 0.190. The normalized spacial score (nSPS) is 10.4. The van der Waals surface area contributed by atoms with E-state index in [1.54, 1.807) is 12.3 Å². The molecule has 0 aliphatic carbocycles. The van der Waals surface area contributed by atoms with Gasteiger partial charge in [-0.05, 0) is 6.07 Å². The predicted molar refractivity (Wildman–Crippen MR) is 52.1 cm³/mol. The number of nitrogens with zero attached hydrogens (tertiary/aromatic N) is 3. The molecule has 2 aromatic rings. The fourth-order valence-corrected chi connectivity index (χ4v) is 1.29. The summed E-state index contributed by atoms with van der Waals surface area (Å²) in [6.45, 7) is 0. The minimum absolute atomic E-state index is 0.190. The van der Waals surface area contributed by atoms with Gasteiger partial charge in [-0.3, -0.25) is 4.98 Å². The van der Waals surface area contributed by atoms with Gasteiger partial charge in [0.15, 0.2) is 0 Å². The Labute approximate surface area is 89.9 Å². The van der Waals surface area contributed by atoms with E-state index in [1.165, 1.54) is 6.20 Å². The summed E-state index contributed by atoms with van der Waals surface area (Å²) in [5, 5.41) is 4.22. The summed E-state index contributed by atoms with van der Waals surface area (Å²) < 4.78 is 4.85. The second kappa shape index (κ2) is 3.94. The van der Waals surface area contributed by atoms with E-state index < -0.39 is 0 Å². The van der Waals surface area contributed by atoms with Crippen molar-refractivity contribution in [1.29, 1.82) is 0 Å². The fourth-order valence-electron chi connectivity index (χ4n) is 0.975. The molecule has 0 fully saturated rings. The molecule has 6 heteroatoms. The molecule has 0 saturated carbocycles. The van der Waals surface area contributed by atoms with E-state index in [1.807, 2.05) is 0 Å². The molecule has 2 aromatic heterocycles. The van der Waals surface area contributed by atoms with Crippen molar-refractivity contribution in [2.24, 2.45) is 0 Å². The number of alkyl halides is 1. The molecular formula is C8H5Cl2N3O. The van der Waals surface area contributed by atoms with Gasteiger partial charge in [-0.2, -0.15) is 4.98 Å². The molecule has 4 nitrogen and oxygen atoms in total. The van der Waals surface area contributed by atoms with Crippen LogP contribution in [-0.2, 0) is 5.88 Å². The van der Waals surface area contributed by atoms with E-state index in [0.717, 1.165) is 0 Å². The lowest BCUT2D eigenvalue weighted by Gasteiger charge is -1.94. The highest BCUT2D eigenvalue weighted by atomic mass is 35.5. The lowest BCUT2D eigenvalue weighted by molar-refractivity contribution is 0.391. The van der Waals surface area contributed by atoms with Crippen LogP contribution in [0.4, 0.5) is 0 Å². The van der Waals surface area contributed by atoms with Crippen LogP contribution in [0, 0.1) is 0 Å². The average molecular weight is 230 g/mol. The summed E-state index contributed by atoms with van der Waals surface area (Å²) in [6.07, 6.45) is 3.13. The van der Waals surface area contributed by atoms with E-state index >= 15 is 0 Å². The highest BCUT2D eigenvalue weighted by molar-refractivity contribution is 6.33. The van der Waals surface area contributed by atoms with Crippen LogP contribution in [0.2, 0.25) is 5.02 Å². The third-order valence-electron chi connectivity index (χ3n) is 1.60.